The van der Waals surface area contributed by atoms with E-state index in [-0.39, 0.29) is 0 Å². The zero-order valence-electron chi connectivity index (χ0n) is 12.9. The maximum Gasteiger partial charge on any atom is 0.0798 e. The molecule has 0 amide bonds. The van der Waals surface area contributed by atoms with Crippen molar-refractivity contribution >= 4 is 10.8 Å². The molecule has 0 aliphatic heterocycles. The summed E-state index contributed by atoms with van der Waals surface area (Å²) in [5.74, 6) is 0.502. The number of nitrogens with zero attached hydrogens (tertiary/aromatic N) is 1. The van der Waals surface area contributed by atoms with E-state index in [0.29, 0.717) is 11.3 Å². The second-order valence-electron chi connectivity index (χ2n) is 7.07. The van der Waals surface area contributed by atoms with Gasteiger partial charge in [-0.3, -0.25) is 4.98 Å². The number of rotatable bonds is 4. The van der Waals surface area contributed by atoms with Gasteiger partial charge in [-0.25, -0.2) is 0 Å². The predicted octanol–water partition coefficient (Wildman–Crippen LogP) is 4.73. The topological polar surface area (TPSA) is 33.1 Å². The van der Waals surface area contributed by atoms with E-state index in [4.69, 9.17) is 0 Å². The first kappa shape index (κ1) is 15.0. The molecule has 0 spiro atoms. The van der Waals surface area contributed by atoms with E-state index < -0.39 is 6.10 Å². The van der Waals surface area contributed by atoms with Crippen molar-refractivity contribution in [2.24, 2.45) is 11.3 Å². The molecule has 1 aromatic heterocycles. The Morgan fingerprint density at radius 2 is 1.95 bits per heavy atom. The van der Waals surface area contributed by atoms with E-state index in [9.17, 15) is 5.11 Å². The summed E-state index contributed by atoms with van der Waals surface area (Å²) >= 11 is 0. The molecule has 0 saturated heterocycles. The minimum Gasteiger partial charge on any atom is -0.388 e. The molecule has 0 fully saturated rings. The van der Waals surface area contributed by atoms with Gasteiger partial charge in [-0.15, -0.1) is 0 Å². The van der Waals surface area contributed by atoms with E-state index in [1.54, 1.807) is 6.20 Å². The third kappa shape index (κ3) is 3.80. The average Bonchev–Trinajstić information content (AvgIpc) is 2.35. The zero-order chi connectivity index (χ0) is 14.8. The third-order valence-electron chi connectivity index (χ3n) is 3.66. The van der Waals surface area contributed by atoms with Gasteiger partial charge in [-0.1, -0.05) is 45.9 Å². The molecule has 2 nitrogen and oxygen atoms in total. The van der Waals surface area contributed by atoms with Gasteiger partial charge in [-0.05, 0) is 41.2 Å². The summed E-state index contributed by atoms with van der Waals surface area (Å²) in [6.07, 6.45) is 5.16. The van der Waals surface area contributed by atoms with Gasteiger partial charge in [0, 0.05) is 17.8 Å². The van der Waals surface area contributed by atoms with Crippen LogP contribution in [0.5, 0.6) is 0 Å². The van der Waals surface area contributed by atoms with Crippen LogP contribution >= 0.6 is 0 Å². The highest BCUT2D eigenvalue weighted by molar-refractivity contribution is 5.85. The fourth-order valence-electron chi connectivity index (χ4n) is 3.07. The highest BCUT2D eigenvalue weighted by atomic mass is 16.3. The standard InChI is InChI=1S/C18H25NO/c1-13(11-18(2,3)4)10-17(20)16-7-5-6-14-12-19-9-8-15(14)16/h5-9,12-13,17,20H,10-11H2,1-4H3. The van der Waals surface area contributed by atoms with E-state index in [2.05, 4.69) is 32.7 Å². The number of hydrogen-bond donors (Lipinski definition) is 1. The van der Waals surface area contributed by atoms with Crippen molar-refractivity contribution in [2.45, 2.75) is 46.6 Å². The molecule has 0 aliphatic carbocycles. The van der Waals surface area contributed by atoms with Crippen LogP contribution in [0.4, 0.5) is 0 Å². The first-order valence-electron chi connectivity index (χ1n) is 7.37. The highest BCUT2D eigenvalue weighted by Gasteiger charge is 2.19. The quantitative estimate of drug-likeness (QED) is 0.872. The van der Waals surface area contributed by atoms with Gasteiger partial charge >= 0.3 is 0 Å². The Morgan fingerprint density at radius 1 is 1.20 bits per heavy atom. The molecule has 1 heterocycles. The Balaban J connectivity index is 2.17. The van der Waals surface area contributed by atoms with Crippen molar-refractivity contribution < 1.29 is 5.11 Å². The van der Waals surface area contributed by atoms with Crippen molar-refractivity contribution in [3.63, 3.8) is 0 Å². The summed E-state index contributed by atoms with van der Waals surface area (Å²) in [7, 11) is 0. The first-order chi connectivity index (χ1) is 9.37. The molecule has 0 bridgehead atoms. The number of hydrogen-bond acceptors (Lipinski definition) is 2. The molecule has 0 aliphatic rings. The molecule has 2 rings (SSSR count). The Kier molecular flexibility index (Phi) is 4.44. The molecule has 0 saturated carbocycles. The molecule has 2 heteroatoms. The Morgan fingerprint density at radius 3 is 2.65 bits per heavy atom. The lowest BCUT2D eigenvalue weighted by atomic mass is 9.82. The lowest BCUT2D eigenvalue weighted by molar-refractivity contribution is 0.135. The molecular formula is C18H25NO. The van der Waals surface area contributed by atoms with Crippen LogP contribution in [0, 0.1) is 11.3 Å². The Hall–Kier alpha value is -1.41. The highest BCUT2D eigenvalue weighted by Crippen LogP contribution is 2.32. The minimum absolute atomic E-state index is 0.307. The van der Waals surface area contributed by atoms with Crippen LogP contribution in [-0.4, -0.2) is 10.1 Å². The second kappa shape index (κ2) is 5.92. The first-order valence-corrected chi connectivity index (χ1v) is 7.37. The van der Waals surface area contributed by atoms with Crippen LogP contribution in [0.15, 0.2) is 36.7 Å². The molecule has 2 aromatic rings. The number of aromatic nitrogens is 1. The molecule has 0 radical (unpaired) electrons. The summed E-state index contributed by atoms with van der Waals surface area (Å²) in [5, 5.41) is 12.8. The SMILES string of the molecule is CC(CC(O)c1cccc2cnccc12)CC(C)(C)C. The summed E-state index contributed by atoms with van der Waals surface area (Å²) in [4.78, 5) is 4.14. The van der Waals surface area contributed by atoms with Crippen molar-refractivity contribution in [3.05, 3.63) is 42.2 Å². The molecule has 20 heavy (non-hydrogen) atoms. The number of aliphatic hydroxyl groups is 1. The Bertz CT molecular complexity index is 566. The van der Waals surface area contributed by atoms with Gasteiger partial charge in [0.2, 0.25) is 0 Å². The monoisotopic (exact) mass is 271 g/mol. The average molecular weight is 271 g/mol. The van der Waals surface area contributed by atoms with Gasteiger partial charge in [0.25, 0.3) is 0 Å². The maximum atomic E-state index is 10.6. The van der Waals surface area contributed by atoms with Gasteiger partial charge in [0.05, 0.1) is 6.10 Å². The van der Waals surface area contributed by atoms with E-state index in [1.807, 2.05) is 30.5 Å². The van der Waals surface area contributed by atoms with Crippen LogP contribution in [-0.2, 0) is 0 Å². The van der Waals surface area contributed by atoms with Crippen LogP contribution < -0.4 is 0 Å². The Labute approximate surface area is 121 Å². The van der Waals surface area contributed by atoms with Crippen molar-refractivity contribution in [3.8, 4) is 0 Å². The van der Waals surface area contributed by atoms with Gasteiger partial charge < -0.3 is 5.11 Å². The molecule has 1 aromatic carbocycles. The van der Waals surface area contributed by atoms with Crippen molar-refractivity contribution in [2.75, 3.05) is 0 Å². The summed E-state index contributed by atoms with van der Waals surface area (Å²) in [6, 6.07) is 8.05. The third-order valence-corrected chi connectivity index (χ3v) is 3.66. The lowest BCUT2D eigenvalue weighted by Crippen LogP contribution is -2.13. The zero-order valence-corrected chi connectivity index (χ0v) is 12.9. The molecule has 2 unspecified atom stereocenters. The number of benzene rings is 1. The van der Waals surface area contributed by atoms with Crippen LogP contribution in [0.3, 0.4) is 0 Å². The number of pyridine rings is 1. The van der Waals surface area contributed by atoms with Crippen LogP contribution in [0.1, 0.15) is 52.2 Å². The summed E-state index contributed by atoms with van der Waals surface area (Å²) in [6.45, 7) is 8.97. The van der Waals surface area contributed by atoms with Gasteiger partial charge in [0.1, 0.15) is 0 Å². The van der Waals surface area contributed by atoms with Crippen molar-refractivity contribution in [1.82, 2.24) is 4.98 Å². The summed E-state index contributed by atoms with van der Waals surface area (Å²) in [5.41, 5.74) is 1.33. The fourth-order valence-corrected chi connectivity index (χ4v) is 3.07. The number of aliphatic hydroxyl groups excluding tert-OH is 1. The smallest absolute Gasteiger partial charge is 0.0798 e. The minimum atomic E-state index is -0.404. The number of fused-ring (bicyclic) bond motifs is 1. The molecule has 108 valence electrons. The van der Waals surface area contributed by atoms with Crippen LogP contribution in [0.25, 0.3) is 10.8 Å². The normalized spacial score (nSPS) is 15.2. The van der Waals surface area contributed by atoms with E-state index >= 15 is 0 Å². The largest absolute Gasteiger partial charge is 0.388 e. The molecule has 2 atom stereocenters. The van der Waals surface area contributed by atoms with Crippen LogP contribution in [0.2, 0.25) is 0 Å². The van der Waals surface area contributed by atoms with E-state index in [1.165, 1.54) is 0 Å². The molecule has 1 N–H and O–H groups in total. The predicted molar refractivity (Wildman–Crippen MR) is 84.6 cm³/mol. The summed E-state index contributed by atoms with van der Waals surface area (Å²) < 4.78 is 0. The van der Waals surface area contributed by atoms with Gasteiger partial charge in [-0.2, -0.15) is 0 Å². The van der Waals surface area contributed by atoms with Crippen molar-refractivity contribution in [1.29, 1.82) is 0 Å². The fraction of sp³-hybridized carbons (Fsp3) is 0.500. The van der Waals surface area contributed by atoms with E-state index in [0.717, 1.165) is 29.2 Å². The second-order valence-corrected chi connectivity index (χ2v) is 7.07. The van der Waals surface area contributed by atoms with Gasteiger partial charge in [0.15, 0.2) is 0 Å². The lowest BCUT2D eigenvalue weighted by Gasteiger charge is -2.25. The maximum absolute atomic E-state index is 10.6. The molecular weight excluding hydrogens is 246 g/mol.